The molecule has 1 N–H and O–H groups in total. The van der Waals surface area contributed by atoms with Crippen LogP contribution in [0.15, 0.2) is 72.8 Å². The molecule has 0 aromatic heterocycles. The Morgan fingerprint density at radius 3 is 2.31 bits per heavy atom. The van der Waals surface area contributed by atoms with E-state index in [1.54, 1.807) is 11.0 Å². The van der Waals surface area contributed by atoms with Crippen LogP contribution >= 0.6 is 11.6 Å². The number of ether oxygens (including phenoxy) is 1. The Kier molecular flexibility index (Phi) is 9.32. The Morgan fingerprint density at radius 2 is 1.63 bits per heavy atom. The second kappa shape index (κ2) is 12.4. The van der Waals surface area contributed by atoms with E-state index in [2.05, 4.69) is 5.32 Å². The SMILES string of the molecule is Cc1cccc(OCC(=O)N(Cc2cccc(Cl)c2)C(Cc2ccccc2)C(=O)NC(C)C)c1C. The predicted molar refractivity (Wildman–Crippen MR) is 141 cm³/mol. The van der Waals surface area contributed by atoms with Crippen molar-refractivity contribution in [2.75, 3.05) is 6.61 Å². The van der Waals surface area contributed by atoms with Gasteiger partial charge in [0, 0.05) is 24.0 Å². The van der Waals surface area contributed by atoms with Gasteiger partial charge in [0.1, 0.15) is 11.8 Å². The molecule has 0 bridgehead atoms. The van der Waals surface area contributed by atoms with Crippen molar-refractivity contribution in [2.24, 2.45) is 0 Å². The van der Waals surface area contributed by atoms with Crippen LogP contribution < -0.4 is 10.1 Å². The summed E-state index contributed by atoms with van der Waals surface area (Å²) in [4.78, 5) is 28.6. The first-order valence-electron chi connectivity index (χ1n) is 11.8. The molecule has 35 heavy (non-hydrogen) atoms. The van der Waals surface area contributed by atoms with Crippen LogP contribution in [0.4, 0.5) is 0 Å². The minimum atomic E-state index is -0.714. The molecule has 5 nitrogen and oxygen atoms in total. The van der Waals surface area contributed by atoms with Crippen molar-refractivity contribution in [1.29, 1.82) is 0 Å². The molecule has 0 radical (unpaired) electrons. The van der Waals surface area contributed by atoms with Gasteiger partial charge in [-0.3, -0.25) is 9.59 Å². The van der Waals surface area contributed by atoms with Gasteiger partial charge >= 0.3 is 0 Å². The van der Waals surface area contributed by atoms with E-state index in [0.29, 0.717) is 17.2 Å². The van der Waals surface area contributed by atoms with Crippen LogP contribution in [0.25, 0.3) is 0 Å². The van der Waals surface area contributed by atoms with E-state index in [4.69, 9.17) is 16.3 Å². The Labute approximate surface area is 213 Å². The van der Waals surface area contributed by atoms with Gasteiger partial charge in [-0.15, -0.1) is 0 Å². The molecule has 1 atom stereocenters. The zero-order valence-corrected chi connectivity index (χ0v) is 21.5. The molecule has 3 rings (SSSR count). The number of hydrogen-bond donors (Lipinski definition) is 1. The van der Waals surface area contributed by atoms with Crippen LogP contribution in [0.3, 0.4) is 0 Å². The van der Waals surface area contributed by atoms with Crippen molar-refractivity contribution < 1.29 is 14.3 Å². The number of hydrogen-bond acceptors (Lipinski definition) is 3. The van der Waals surface area contributed by atoms with Gasteiger partial charge in [-0.2, -0.15) is 0 Å². The third-order valence-corrected chi connectivity index (χ3v) is 6.09. The first-order chi connectivity index (χ1) is 16.7. The van der Waals surface area contributed by atoms with E-state index in [1.165, 1.54) is 0 Å². The van der Waals surface area contributed by atoms with E-state index >= 15 is 0 Å². The Hall–Kier alpha value is -3.31. The molecule has 184 valence electrons. The molecule has 0 aliphatic rings. The topological polar surface area (TPSA) is 58.6 Å². The first-order valence-corrected chi connectivity index (χ1v) is 12.2. The van der Waals surface area contributed by atoms with Crippen LogP contribution in [0.1, 0.15) is 36.1 Å². The number of benzene rings is 3. The molecule has 0 saturated heterocycles. The number of nitrogens with zero attached hydrogens (tertiary/aromatic N) is 1. The summed E-state index contributed by atoms with van der Waals surface area (Å²) in [5.41, 5.74) is 3.88. The number of nitrogens with one attached hydrogen (secondary N) is 1. The summed E-state index contributed by atoms with van der Waals surface area (Å²) < 4.78 is 5.93. The third kappa shape index (κ3) is 7.59. The van der Waals surface area contributed by atoms with Gasteiger partial charge in [-0.05, 0) is 68.1 Å². The predicted octanol–water partition coefficient (Wildman–Crippen LogP) is 5.50. The zero-order valence-electron chi connectivity index (χ0n) is 20.8. The highest BCUT2D eigenvalue weighted by Crippen LogP contribution is 2.22. The lowest BCUT2D eigenvalue weighted by Gasteiger charge is -2.32. The fraction of sp³-hybridized carbons (Fsp3) is 0.310. The standard InChI is InChI=1S/C29H33ClN2O3/c1-20(2)31-29(34)26(17-23-11-6-5-7-12-23)32(18-24-13-9-14-25(30)16-24)28(33)19-35-27-15-8-10-21(3)22(27)4/h5-16,20,26H,17-19H2,1-4H3,(H,31,34). The maximum atomic E-state index is 13.6. The third-order valence-electron chi connectivity index (χ3n) is 5.85. The van der Waals surface area contributed by atoms with Crippen LogP contribution in [-0.4, -0.2) is 35.4 Å². The molecular weight excluding hydrogens is 460 g/mol. The molecule has 3 aromatic rings. The summed E-state index contributed by atoms with van der Waals surface area (Å²) in [6.07, 6.45) is 0.384. The highest BCUT2D eigenvalue weighted by molar-refractivity contribution is 6.30. The highest BCUT2D eigenvalue weighted by Gasteiger charge is 2.31. The lowest BCUT2D eigenvalue weighted by Crippen LogP contribution is -2.52. The molecule has 0 heterocycles. The van der Waals surface area contributed by atoms with Gasteiger partial charge in [0.05, 0.1) is 0 Å². The Bertz CT molecular complexity index is 1150. The summed E-state index contributed by atoms with van der Waals surface area (Å²) >= 11 is 6.21. The minimum Gasteiger partial charge on any atom is -0.483 e. The monoisotopic (exact) mass is 492 g/mol. The summed E-state index contributed by atoms with van der Waals surface area (Å²) in [5.74, 6) is 0.184. The molecule has 0 spiro atoms. The molecule has 1 unspecified atom stereocenters. The molecule has 6 heteroatoms. The summed E-state index contributed by atoms with van der Waals surface area (Å²) in [5, 5.41) is 3.56. The molecule has 0 aliphatic heterocycles. The van der Waals surface area contributed by atoms with Gasteiger partial charge < -0.3 is 15.0 Å². The molecular formula is C29H33ClN2O3. The molecule has 0 aliphatic carbocycles. The van der Waals surface area contributed by atoms with Crippen LogP contribution in [0.5, 0.6) is 5.75 Å². The van der Waals surface area contributed by atoms with E-state index in [9.17, 15) is 9.59 Å². The van der Waals surface area contributed by atoms with Crippen LogP contribution in [0, 0.1) is 13.8 Å². The van der Waals surface area contributed by atoms with E-state index in [1.807, 2.05) is 94.4 Å². The average Bonchev–Trinajstić information content (AvgIpc) is 2.82. The van der Waals surface area contributed by atoms with Crippen molar-refractivity contribution in [3.05, 3.63) is 100 Å². The molecule has 0 saturated carbocycles. The van der Waals surface area contributed by atoms with Crippen molar-refractivity contribution in [3.63, 3.8) is 0 Å². The summed E-state index contributed by atoms with van der Waals surface area (Å²) in [7, 11) is 0. The molecule has 3 aromatic carbocycles. The fourth-order valence-electron chi connectivity index (χ4n) is 3.87. The van der Waals surface area contributed by atoms with Crippen molar-refractivity contribution >= 4 is 23.4 Å². The average molecular weight is 493 g/mol. The highest BCUT2D eigenvalue weighted by atomic mass is 35.5. The van der Waals surface area contributed by atoms with E-state index in [-0.39, 0.29) is 31.0 Å². The maximum absolute atomic E-state index is 13.6. The zero-order chi connectivity index (χ0) is 25.4. The van der Waals surface area contributed by atoms with Crippen molar-refractivity contribution in [2.45, 2.75) is 52.7 Å². The maximum Gasteiger partial charge on any atom is 0.261 e. The van der Waals surface area contributed by atoms with Gasteiger partial charge in [0.2, 0.25) is 5.91 Å². The quantitative estimate of drug-likeness (QED) is 0.406. The minimum absolute atomic E-state index is 0.0601. The Morgan fingerprint density at radius 1 is 0.943 bits per heavy atom. The number of rotatable bonds is 10. The van der Waals surface area contributed by atoms with E-state index in [0.717, 1.165) is 22.3 Å². The molecule has 2 amide bonds. The normalized spacial score (nSPS) is 11.7. The fourth-order valence-corrected chi connectivity index (χ4v) is 4.08. The number of carbonyl (C=O) groups is 2. The lowest BCUT2D eigenvalue weighted by molar-refractivity contribution is -0.143. The lowest BCUT2D eigenvalue weighted by atomic mass is 10.0. The van der Waals surface area contributed by atoms with Crippen molar-refractivity contribution in [3.8, 4) is 5.75 Å². The van der Waals surface area contributed by atoms with E-state index < -0.39 is 6.04 Å². The van der Waals surface area contributed by atoms with Crippen LogP contribution in [0.2, 0.25) is 5.02 Å². The second-order valence-electron chi connectivity index (χ2n) is 9.01. The van der Waals surface area contributed by atoms with Crippen LogP contribution in [-0.2, 0) is 22.6 Å². The summed E-state index contributed by atoms with van der Waals surface area (Å²) in [6.45, 7) is 7.84. The number of halogens is 1. The second-order valence-corrected chi connectivity index (χ2v) is 9.44. The van der Waals surface area contributed by atoms with Gasteiger partial charge in [0.25, 0.3) is 5.91 Å². The Balaban J connectivity index is 1.93. The van der Waals surface area contributed by atoms with Crippen molar-refractivity contribution in [1.82, 2.24) is 10.2 Å². The number of amides is 2. The van der Waals surface area contributed by atoms with Gasteiger partial charge in [0.15, 0.2) is 6.61 Å². The van der Waals surface area contributed by atoms with Gasteiger partial charge in [-0.1, -0.05) is 66.2 Å². The summed E-state index contributed by atoms with van der Waals surface area (Å²) in [6, 6.07) is 22.0. The van der Waals surface area contributed by atoms with Gasteiger partial charge in [-0.25, -0.2) is 0 Å². The molecule has 0 fully saturated rings. The number of carbonyl (C=O) groups excluding carboxylic acids is 2. The number of aryl methyl sites for hydroxylation is 1. The smallest absolute Gasteiger partial charge is 0.261 e. The first kappa shape index (κ1) is 26.3. The largest absolute Gasteiger partial charge is 0.483 e.